The van der Waals surface area contributed by atoms with Crippen LogP contribution in [0, 0.1) is 0 Å². The highest BCUT2D eigenvalue weighted by atomic mass is 32.2. The molecule has 2 aromatic carbocycles. The lowest BCUT2D eigenvalue weighted by Gasteiger charge is -2.07. The predicted octanol–water partition coefficient (Wildman–Crippen LogP) is 4.19. The van der Waals surface area contributed by atoms with E-state index in [0.717, 1.165) is 12.1 Å². The first-order valence-corrected chi connectivity index (χ1v) is 8.53. The minimum absolute atomic E-state index is 0.118. The fourth-order valence-corrected chi connectivity index (χ4v) is 3.30. The number of thioether (sulfide) groups is 1. The Hall–Kier alpha value is -2.53. The van der Waals surface area contributed by atoms with Crippen molar-refractivity contribution in [1.29, 1.82) is 0 Å². The van der Waals surface area contributed by atoms with Gasteiger partial charge < -0.3 is 5.11 Å². The predicted molar refractivity (Wildman–Crippen MR) is 99.4 cm³/mol. The lowest BCUT2D eigenvalue weighted by Crippen LogP contribution is -2.23. The van der Waals surface area contributed by atoms with E-state index in [1.54, 1.807) is 31.3 Å². The van der Waals surface area contributed by atoms with Crippen LogP contribution in [0.4, 0.5) is 5.69 Å². The number of carbonyl (C=O) groups is 1. The highest BCUT2D eigenvalue weighted by molar-refractivity contribution is 8.18. The Labute approximate surface area is 145 Å². The Morgan fingerprint density at radius 2 is 1.88 bits per heavy atom. The van der Waals surface area contributed by atoms with E-state index in [-0.39, 0.29) is 11.7 Å². The molecule has 2 aromatic rings. The zero-order valence-corrected chi connectivity index (χ0v) is 14.4. The summed E-state index contributed by atoms with van der Waals surface area (Å²) in [5, 5.41) is 10.5. The van der Waals surface area contributed by atoms with Gasteiger partial charge in [0.15, 0.2) is 5.17 Å². The molecular formula is C19H18N2O2S. The molecule has 1 amide bonds. The number of carbonyl (C=O) groups excluding carboxylic acids is 1. The topological polar surface area (TPSA) is 52.9 Å². The number of phenolic OH excluding ortho intramolecular Hbond substituents is 1. The fourth-order valence-electron chi connectivity index (χ4n) is 2.32. The Balaban J connectivity index is 1.88. The van der Waals surface area contributed by atoms with E-state index in [9.17, 15) is 9.90 Å². The number of aryl methyl sites for hydroxylation is 1. The van der Waals surface area contributed by atoms with Gasteiger partial charge in [0.2, 0.25) is 0 Å². The van der Waals surface area contributed by atoms with E-state index in [4.69, 9.17) is 0 Å². The summed E-state index contributed by atoms with van der Waals surface area (Å²) in [6.45, 7) is 2.11. The van der Waals surface area contributed by atoms with Crippen molar-refractivity contribution in [2.75, 3.05) is 7.05 Å². The second kappa shape index (κ2) is 6.93. The van der Waals surface area contributed by atoms with Crippen LogP contribution in [0.5, 0.6) is 5.75 Å². The number of aliphatic imine (C=N–C) groups is 1. The van der Waals surface area contributed by atoms with Crippen LogP contribution in [-0.2, 0) is 11.2 Å². The maximum Gasteiger partial charge on any atom is 0.266 e. The van der Waals surface area contributed by atoms with Crippen LogP contribution in [-0.4, -0.2) is 28.1 Å². The summed E-state index contributed by atoms with van der Waals surface area (Å²) in [6, 6.07) is 14.9. The molecule has 0 aromatic heterocycles. The zero-order chi connectivity index (χ0) is 17.1. The summed E-state index contributed by atoms with van der Waals surface area (Å²) in [5.74, 6) is 0.0359. The number of rotatable bonds is 3. The minimum Gasteiger partial charge on any atom is -0.507 e. The van der Waals surface area contributed by atoms with E-state index < -0.39 is 0 Å². The van der Waals surface area contributed by atoms with Gasteiger partial charge in [-0.1, -0.05) is 37.3 Å². The third-order valence-electron chi connectivity index (χ3n) is 3.80. The first-order valence-electron chi connectivity index (χ1n) is 7.71. The molecule has 0 atom stereocenters. The number of aromatic hydroxyl groups is 1. The lowest BCUT2D eigenvalue weighted by atomic mass is 10.2. The average Bonchev–Trinajstić information content (AvgIpc) is 2.86. The standard InChI is InChI=1S/C19H18N2O2S/c1-3-13-8-10-15(11-9-13)20-19-21(2)18(23)17(24-19)12-14-6-4-5-7-16(14)22/h4-12,22H,3H2,1-2H3/b17-12+,20-19?. The van der Waals surface area contributed by atoms with Crippen LogP contribution in [0.25, 0.3) is 6.08 Å². The summed E-state index contributed by atoms with van der Waals surface area (Å²) in [5.41, 5.74) is 2.69. The molecule has 0 saturated carbocycles. The largest absolute Gasteiger partial charge is 0.507 e. The molecule has 1 fully saturated rings. The molecule has 0 spiro atoms. The number of hydrogen-bond acceptors (Lipinski definition) is 4. The lowest BCUT2D eigenvalue weighted by molar-refractivity contribution is -0.121. The summed E-state index contributed by atoms with van der Waals surface area (Å²) >= 11 is 1.31. The van der Waals surface area contributed by atoms with Crippen LogP contribution in [0.3, 0.4) is 0 Å². The molecule has 3 rings (SSSR count). The number of likely N-dealkylation sites (N-methyl/N-ethyl adjacent to an activating group) is 1. The monoisotopic (exact) mass is 338 g/mol. The van der Waals surface area contributed by atoms with Crippen molar-refractivity contribution >= 4 is 34.6 Å². The van der Waals surface area contributed by atoms with Crippen LogP contribution in [0.1, 0.15) is 18.1 Å². The first kappa shape index (κ1) is 16.3. The molecule has 24 heavy (non-hydrogen) atoms. The SMILES string of the molecule is CCc1ccc(N=C2S/C(=C/c3ccccc3O)C(=O)N2C)cc1. The van der Waals surface area contributed by atoms with Gasteiger partial charge in [0.25, 0.3) is 5.91 Å². The molecule has 122 valence electrons. The molecule has 1 saturated heterocycles. The summed E-state index contributed by atoms with van der Waals surface area (Å²) in [6.07, 6.45) is 2.68. The van der Waals surface area contributed by atoms with E-state index in [2.05, 4.69) is 11.9 Å². The average molecular weight is 338 g/mol. The Morgan fingerprint density at radius 1 is 1.17 bits per heavy atom. The van der Waals surface area contributed by atoms with Crippen molar-refractivity contribution in [1.82, 2.24) is 4.90 Å². The maximum absolute atomic E-state index is 12.4. The third-order valence-corrected chi connectivity index (χ3v) is 4.86. The summed E-state index contributed by atoms with van der Waals surface area (Å²) in [4.78, 5) is 19.0. The molecule has 1 heterocycles. The van der Waals surface area contributed by atoms with Crippen molar-refractivity contribution in [2.45, 2.75) is 13.3 Å². The van der Waals surface area contributed by atoms with Gasteiger partial charge in [-0.05, 0) is 48.0 Å². The van der Waals surface area contributed by atoms with Gasteiger partial charge in [0.05, 0.1) is 10.6 Å². The number of amidine groups is 1. The van der Waals surface area contributed by atoms with Gasteiger partial charge in [0.1, 0.15) is 5.75 Å². The minimum atomic E-state index is -0.118. The summed E-state index contributed by atoms with van der Waals surface area (Å²) < 4.78 is 0. The van der Waals surface area contributed by atoms with E-state index in [1.165, 1.54) is 22.2 Å². The molecule has 0 aliphatic carbocycles. The van der Waals surface area contributed by atoms with Crippen LogP contribution in [0.2, 0.25) is 0 Å². The molecule has 0 unspecified atom stereocenters. The van der Waals surface area contributed by atoms with Gasteiger partial charge in [-0.25, -0.2) is 4.99 Å². The number of amides is 1. The molecule has 0 bridgehead atoms. The Morgan fingerprint density at radius 3 is 2.54 bits per heavy atom. The Kier molecular flexibility index (Phi) is 4.71. The van der Waals surface area contributed by atoms with Crippen molar-refractivity contribution in [3.63, 3.8) is 0 Å². The second-order valence-corrected chi connectivity index (χ2v) is 6.46. The van der Waals surface area contributed by atoms with Gasteiger partial charge in [-0.15, -0.1) is 0 Å². The molecular weight excluding hydrogens is 320 g/mol. The van der Waals surface area contributed by atoms with Crippen molar-refractivity contribution in [3.05, 3.63) is 64.6 Å². The van der Waals surface area contributed by atoms with Crippen molar-refractivity contribution in [3.8, 4) is 5.75 Å². The normalized spacial score (nSPS) is 17.9. The van der Waals surface area contributed by atoms with Gasteiger partial charge in [-0.3, -0.25) is 9.69 Å². The number of benzene rings is 2. The van der Waals surface area contributed by atoms with Crippen LogP contribution >= 0.6 is 11.8 Å². The molecule has 1 aliphatic heterocycles. The second-order valence-electron chi connectivity index (χ2n) is 5.45. The van der Waals surface area contributed by atoms with E-state index in [0.29, 0.717) is 15.6 Å². The maximum atomic E-state index is 12.4. The smallest absolute Gasteiger partial charge is 0.266 e. The van der Waals surface area contributed by atoms with Crippen LogP contribution in [0.15, 0.2) is 58.4 Å². The zero-order valence-electron chi connectivity index (χ0n) is 13.6. The Bertz CT molecular complexity index is 826. The summed E-state index contributed by atoms with van der Waals surface area (Å²) in [7, 11) is 1.71. The number of hydrogen-bond donors (Lipinski definition) is 1. The number of phenols is 1. The molecule has 1 aliphatic rings. The molecule has 1 N–H and O–H groups in total. The fraction of sp³-hybridized carbons (Fsp3) is 0.158. The van der Waals surface area contributed by atoms with Gasteiger partial charge >= 0.3 is 0 Å². The van der Waals surface area contributed by atoms with E-state index >= 15 is 0 Å². The molecule has 0 radical (unpaired) electrons. The van der Waals surface area contributed by atoms with Gasteiger partial charge in [-0.2, -0.15) is 0 Å². The molecule has 4 nitrogen and oxygen atoms in total. The number of para-hydroxylation sites is 1. The first-order chi connectivity index (χ1) is 11.6. The van der Waals surface area contributed by atoms with E-state index in [1.807, 2.05) is 30.3 Å². The third kappa shape index (κ3) is 3.36. The molecule has 5 heteroatoms. The highest BCUT2D eigenvalue weighted by Crippen LogP contribution is 2.34. The highest BCUT2D eigenvalue weighted by Gasteiger charge is 2.30. The number of nitrogens with zero attached hydrogens (tertiary/aromatic N) is 2. The van der Waals surface area contributed by atoms with Crippen molar-refractivity contribution < 1.29 is 9.90 Å². The van der Waals surface area contributed by atoms with Gasteiger partial charge in [0, 0.05) is 12.6 Å². The quantitative estimate of drug-likeness (QED) is 0.854. The van der Waals surface area contributed by atoms with Crippen LogP contribution < -0.4 is 0 Å². The van der Waals surface area contributed by atoms with Crippen molar-refractivity contribution in [2.24, 2.45) is 4.99 Å².